The van der Waals surface area contributed by atoms with Gasteiger partial charge in [-0.15, -0.1) is 5.92 Å². The molecule has 0 saturated carbocycles. The predicted octanol–water partition coefficient (Wildman–Crippen LogP) is 0.589. The summed E-state index contributed by atoms with van der Waals surface area (Å²) in [6.07, 6.45) is 0. The molecule has 0 aliphatic carbocycles. The summed E-state index contributed by atoms with van der Waals surface area (Å²) in [4.78, 5) is 10.6. The van der Waals surface area contributed by atoms with Gasteiger partial charge in [0.1, 0.15) is 13.2 Å². The first kappa shape index (κ1) is 9.99. The van der Waals surface area contributed by atoms with Crippen molar-refractivity contribution in [2.75, 3.05) is 19.8 Å². The monoisotopic (exact) mass is 156 g/mol. The zero-order valence-electron chi connectivity index (χ0n) is 6.85. The maximum atomic E-state index is 10.6. The summed E-state index contributed by atoms with van der Waals surface area (Å²) in [5.41, 5.74) is 0. The van der Waals surface area contributed by atoms with Crippen molar-refractivity contribution >= 4 is 5.97 Å². The zero-order chi connectivity index (χ0) is 8.53. The Labute approximate surface area is 66.7 Å². The Kier molecular flexibility index (Phi) is 6.45. The predicted molar refractivity (Wildman–Crippen MR) is 40.9 cm³/mol. The van der Waals surface area contributed by atoms with Gasteiger partial charge in [-0.1, -0.05) is 5.92 Å². The van der Waals surface area contributed by atoms with E-state index in [2.05, 4.69) is 16.6 Å². The van der Waals surface area contributed by atoms with Crippen molar-refractivity contribution in [2.45, 2.75) is 13.8 Å². The Morgan fingerprint density at radius 2 is 2.27 bits per heavy atom. The first-order chi connectivity index (χ1) is 5.31. The van der Waals surface area contributed by atoms with Crippen LogP contribution in [0, 0.1) is 11.8 Å². The topological polar surface area (TPSA) is 35.5 Å². The lowest BCUT2D eigenvalue weighted by molar-refractivity contribution is -0.147. The third kappa shape index (κ3) is 6.88. The molecule has 0 rings (SSSR count). The van der Waals surface area contributed by atoms with Gasteiger partial charge in [-0.25, -0.2) is 4.79 Å². The van der Waals surface area contributed by atoms with E-state index in [0.29, 0.717) is 6.61 Å². The number of carbonyl (C=O) groups is 1. The van der Waals surface area contributed by atoms with Gasteiger partial charge >= 0.3 is 5.97 Å². The first-order valence-electron chi connectivity index (χ1n) is 3.44. The summed E-state index contributed by atoms with van der Waals surface area (Å²) >= 11 is 0. The number of esters is 1. The molecule has 11 heavy (non-hydrogen) atoms. The molecular formula is C8H12O3. The van der Waals surface area contributed by atoms with E-state index in [-0.39, 0.29) is 19.2 Å². The molecule has 3 heteroatoms. The van der Waals surface area contributed by atoms with Crippen LogP contribution in [0.2, 0.25) is 0 Å². The highest BCUT2D eigenvalue weighted by atomic mass is 16.6. The number of hydrogen-bond donors (Lipinski definition) is 0. The molecule has 3 nitrogen and oxygen atoms in total. The van der Waals surface area contributed by atoms with Crippen molar-refractivity contribution in [1.29, 1.82) is 0 Å². The number of carbonyl (C=O) groups excluding carboxylic acids is 1. The van der Waals surface area contributed by atoms with Crippen molar-refractivity contribution in [1.82, 2.24) is 0 Å². The summed E-state index contributed by atoms with van der Waals surface area (Å²) in [5, 5.41) is 0. The average molecular weight is 156 g/mol. The molecule has 0 spiro atoms. The second kappa shape index (κ2) is 7.10. The van der Waals surface area contributed by atoms with Gasteiger partial charge in [0, 0.05) is 0 Å². The fourth-order valence-electron chi connectivity index (χ4n) is 0.460. The van der Waals surface area contributed by atoms with Gasteiger partial charge in [0.25, 0.3) is 0 Å². The second-order valence-corrected chi connectivity index (χ2v) is 1.72. The SMILES string of the molecule is CC#CCOCC(=O)OCC. The largest absolute Gasteiger partial charge is 0.464 e. The zero-order valence-corrected chi connectivity index (χ0v) is 6.85. The molecule has 0 aliphatic rings. The van der Waals surface area contributed by atoms with Crippen LogP contribution in [0.1, 0.15) is 13.8 Å². The van der Waals surface area contributed by atoms with Crippen LogP contribution >= 0.6 is 0 Å². The molecule has 0 aromatic rings. The van der Waals surface area contributed by atoms with E-state index in [0.717, 1.165) is 0 Å². The second-order valence-electron chi connectivity index (χ2n) is 1.72. The number of rotatable bonds is 4. The van der Waals surface area contributed by atoms with Crippen LogP contribution in [-0.2, 0) is 14.3 Å². The molecule has 0 amide bonds. The molecule has 0 atom stereocenters. The minimum absolute atomic E-state index is 0.0114. The van der Waals surface area contributed by atoms with Gasteiger partial charge in [-0.2, -0.15) is 0 Å². The molecule has 62 valence electrons. The van der Waals surface area contributed by atoms with Crippen LogP contribution in [0.25, 0.3) is 0 Å². The molecule has 0 unspecified atom stereocenters. The Hall–Kier alpha value is -1.01. The smallest absolute Gasteiger partial charge is 0.332 e. The average Bonchev–Trinajstić information content (AvgIpc) is 1.99. The summed E-state index contributed by atoms with van der Waals surface area (Å²) in [7, 11) is 0. The van der Waals surface area contributed by atoms with Gasteiger partial charge in [-0.05, 0) is 13.8 Å². The van der Waals surface area contributed by atoms with Crippen molar-refractivity contribution in [3.05, 3.63) is 0 Å². The highest BCUT2D eigenvalue weighted by molar-refractivity contribution is 5.70. The lowest BCUT2D eigenvalue weighted by Crippen LogP contribution is -2.12. The van der Waals surface area contributed by atoms with Crippen molar-refractivity contribution in [3.8, 4) is 11.8 Å². The summed E-state index contributed by atoms with van der Waals surface area (Å²) in [6.45, 7) is 4.14. The van der Waals surface area contributed by atoms with Gasteiger partial charge in [0.2, 0.25) is 0 Å². The Bertz CT molecular complexity index is 164. The third-order valence-corrected chi connectivity index (χ3v) is 0.876. The fraction of sp³-hybridized carbons (Fsp3) is 0.625. The van der Waals surface area contributed by atoms with E-state index in [1.807, 2.05) is 0 Å². The van der Waals surface area contributed by atoms with Crippen LogP contribution in [0.15, 0.2) is 0 Å². The van der Waals surface area contributed by atoms with Gasteiger partial charge in [0.05, 0.1) is 6.61 Å². The minimum Gasteiger partial charge on any atom is -0.464 e. The molecule has 0 fully saturated rings. The maximum absolute atomic E-state index is 10.6. The molecular weight excluding hydrogens is 144 g/mol. The van der Waals surface area contributed by atoms with E-state index in [1.54, 1.807) is 13.8 Å². The van der Waals surface area contributed by atoms with Crippen molar-refractivity contribution in [2.24, 2.45) is 0 Å². The normalized spacial score (nSPS) is 8.18. The minimum atomic E-state index is -0.342. The van der Waals surface area contributed by atoms with E-state index in [1.165, 1.54) is 0 Å². The molecule has 0 aromatic heterocycles. The molecule has 0 bridgehead atoms. The highest BCUT2D eigenvalue weighted by Crippen LogP contribution is 1.79. The van der Waals surface area contributed by atoms with Crippen LogP contribution in [-0.4, -0.2) is 25.8 Å². The van der Waals surface area contributed by atoms with Gasteiger partial charge < -0.3 is 9.47 Å². The van der Waals surface area contributed by atoms with Gasteiger partial charge in [0.15, 0.2) is 0 Å². The van der Waals surface area contributed by atoms with Crippen LogP contribution in [0.4, 0.5) is 0 Å². The maximum Gasteiger partial charge on any atom is 0.332 e. The van der Waals surface area contributed by atoms with Gasteiger partial charge in [-0.3, -0.25) is 0 Å². The number of ether oxygens (including phenoxy) is 2. The van der Waals surface area contributed by atoms with Crippen LogP contribution in [0.5, 0.6) is 0 Å². The Balaban J connectivity index is 3.22. The lowest BCUT2D eigenvalue weighted by Gasteiger charge is -1.99. The molecule has 0 N–H and O–H groups in total. The van der Waals surface area contributed by atoms with Crippen LogP contribution < -0.4 is 0 Å². The third-order valence-electron chi connectivity index (χ3n) is 0.876. The standard InChI is InChI=1S/C8H12O3/c1-3-5-6-10-7-8(9)11-4-2/h4,6-7H2,1-2H3. The lowest BCUT2D eigenvalue weighted by atomic mass is 10.6. The van der Waals surface area contributed by atoms with E-state index in [9.17, 15) is 4.79 Å². The Morgan fingerprint density at radius 3 is 2.82 bits per heavy atom. The first-order valence-corrected chi connectivity index (χ1v) is 3.44. The van der Waals surface area contributed by atoms with E-state index < -0.39 is 0 Å². The summed E-state index contributed by atoms with van der Waals surface area (Å²) < 4.78 is 9.45. The Morgan fingerprint density at radius 1 is 1.55 bits per heavy atom. The van der Waals surface area contributed by atoms with E-state index in [4.69, 9.17) is 4.74 Å². The van der Waals surface area contributed by atoms with Crippen molar-refractivity contribution in [3.63, 3.8) is 0 Å². The molecule has 0 radical (unpaired) electrons. The summed E-state index contributed by atoms with van der Waals surface area (Å²) in [5.74, 6) is 4.97. The highest BCUT2D eigenvalue weighted by Gasteiger charge is 1.98. The molecule has 0 saturated heterocycles. The van der Waals surface area contributed by atoms with Crippen LogP contribution in [0.3, 0.4) is 0 Å². The molecule has 0 aliphatic heterocycles. The quantitative estimate of drug-likeness (QED) is 0.339. The fourth-order valence-corrected chi connectivity index (χ4v) is 0.460. The van der Waals surface area contributed by atoms with Crippen molar-refractivity contribution < 1.29 is 14.3 Å². The van der Waals surface area contributed by atoms with E-state index >= 15 is 0 Å². The molecule has 0 aromatic carbocycles. The summed E-state index contributed by atoms with van der Waals surface area (Å²) in [6, 6.07) is 0. The molecule has 0 heterocycles. The number of hydrogen-bond acceptors (Lipinski definition) is 3.